The molecule has 0 unspecified atom stereocenters. The van der Waals surface area contributed by atoms with Gasteiger partial charge in [0, 0.05) is 17.8 Å². The fraction of sp³-hybridized carbons (Fsp3) is 1.00. The third kappa shape index (κ3) is 16.2. The summed E-state index contributed by atoms with van der Waals surface area (Å²) in [4.78, 5) is 0. The van der Waals surface area contributed by atoms with E-state index in [-0.39, 0.29) is 0 Å². The highest BCUT2D eigenvalue weighted by Gasteiger charge is 2.03. The van der Waals surface area contributed by atoms with Gasteiger partial charge in [-0.1, -0.05) is 38.5 Å². The lowest BCUT2D eigenvalue weighted by Crippen LogP contribution is -1.97. The highest BCUT2D eigenvalue weighted by molar-refractivity contribution is 8.02. The van der Waals surface area contributed by atoms with Crippen molar-refractivity contribution >= 4 is 22.4 Å². The van der Waals surface area contributed by atoms with Crippen molar-refractivity contribution in [3.8, 4) is 0 Å². The zero-order valence-corrected chi connectivity index (χ0v) is 11.8. The lowest BCUT2D eigenvalue weighted by atomic mass is 10.1. The van der Waals surface area contributed by atoms with Gasteiger partial charge in [-0.15, -0.1) is 0 Å². The minimum Gasteiger partial charge on any atom is -0.330 e. The average Bonchev–Trinajstić information content (AvgIpc) is 2.24. The Morgan fingerprint density at radius 2 is 1.41 bits per heavy atom. The highest BCUT2D eigenvalue weighted by atomic mass is 32.3. The molecule has 0 radical (unpaired) electrons. The van der Waals surface area contributed by atoms with Gasteiger partial charge in [0.2, 0.25) is 0 Å². The van der Waals surface area contributed by atoms with Gasteiger partial charge in [-0.2, -0.15) is 12.0 Å². The van der Waals surface area contributed by atoms with Crippen molar-refractivity contribution in [3.63, 3.8) is 0 Å². The zero-order chi connectivity index (χ0) is 13.0. The molecular weight excluding hydrogens is 262 g/mol. The third-order valence-corrected chi connectivity index (χ3v) is 3.84. The average molecular weight is 285 g/mol. The van der Waals surface area contributed by atoms with Crippen LogP contribution in [0.3, 0.4) is 0 Å². The van der Waals surface area contributed by atoms with Gasteiger partial charge in [0.1, 0.15) is 0 Å². The third-order valence-electron chi connectivity index (χ3n) is 2.32. The summed E-state index contributed by atoms with van der Waals surface area (Å²) in [7, 11) is -4.28. The Morgan fingerprint density at radius 3 is 1.88 bits per heavy atom. The Balaban J connectivity index is 3.04. The number of rotatable bonds is 12. The van der Waals surface area contributed by atoms with E-state index in [1.165, 1.54) is 25.7 Å². The van der Waals surface area contributed by atoms with Crippen molar-refractivity contribution in [1.29, 1.82) is 0 Å². The molecule has 0 amide bonds. The molecule has 5 nitrogen and oxygen atoms in total. The van der Waals surface area contributed by atoms with Crippen LogP contribution in [0.25, 0.3) is 0 Å². The Hall–Kier alpha value is 0.180. The summed E-state index contributed by atoms with van der Waals surface area (Å²) < 4.78 is 32.8. The number of hydrogen-bond donors (Lipinski definition) is 2. The molecule has 0 aliphatic rings. The Kier molecular flexibility index (Phi) is 11.4. The van der Waals surface area contributed by atoms with Crippen LogP contribution in [0.15, 0.2) is 0 Å². The Morgan fingerprint density at radius 1 is 0.941 bits per heavy atom. The van der Waals surface area contributed by atoms with E-state index in [2.05, 4.69) is 3.63 Å². The molecule has 0 heterocycles. The topological polar surface area (TPSA) is 89.6 Å². The first kappa shape index (κ1) is 17.2. The minimum atomic E-state index is -4.28. The molecule has 0 aliphatic carbocycles. The van der Waals surface area contributed by atoms with E-state index < -0.39 is 10.4 Å². The van der Waals surface area contributed by atoms with Crippen LogP contribution in [-0.2, 0) is 14.0 Å². The maximum atomic E-state index is 10.2. The summed E-state index contributed by atoms with van der Waals surface area (Å²) in [5.74, 6) is 0.590. The molecule has 0 rings (SSSR count). The second-order valence-corrected chi connectivity index (χ2v) is 5.98. The second-order valence-electron chi connectivity index (χ2n) is 3.93. The molecule has 104 valence electrons. The van der Waals surface area contributed by atoms with Crippen LogP contribution in [0.2, 0.25) is 0 Å². The standard InChI is InChI=1S/C10H23NO4S2/c11-9-7-5-3-1-2-4-6-8-10-16-15-17(12,13)14/h1-11H2,(H,12,13,14). The van der Waals surface area contributed by atoms with Gasteiger partial charge in [-0.05, 0) is 19.4 Å². The molecule has 0 aliphatic heterocycles. The van der Waals surface area contributed by atoms with Crippen molar-refractivity contribution in [3.05, 3.63) is 0 Å². The van der Waals surface area contributed by atoms with E-state index >= 15 is 0 Å². The van der Waals surface area contributed by atoms with Crippen LogP contribution in [0.4, 0.5) is 0 Å². The van der Waals surface area contributed by atoms with Crippen molar-refractivity contribution < 1.29 is 16.6 Å². The maximum Gasteiger partial charge on any atom is 0.408 e. The first-order chi connectivity index (χ1) is 8.06. The van der Waals surface area contributed by atoms with Gasteiger partial charge in [0.05, 0.1) is 0 Å². The second kappa shape index (κ2) is 11.3. The van der Waals surface area contributed by atoms with E-state index in [0.717, 1.165) is 44.3 Å². The predicted molar refractivity (Wildman–Crippen MR) is 71.1 cm³/mol. The molecule has 0 aromatic carbocycles. The van der Waals surface area contributed by atoms with Gasteiger partial charge in [-0.3, -0.25) is 4.55 Å². The molecule has 3 N–H and O–H groups in total. The lowest BCUT2D eigenvalue weighted by Gasteiger charge is -2.01. The number of hydrogen-bond acceptors (Lipinski definition) is 5. The molecule has 0 aromatic heterocycles. The van der Waals surface area contributed by atoms with E-state index in [0.29, 0.717) is 5.75 Å². The van der Waals surface area contributed by atoms with Crippen molar-refractivity contribution in [1.82, 2.24) is 0 Å². The van der Waals surface area contributed by atoms with E-state index in [9.17, 15) is 8.42 Å². The van der Waals surface area contributed by atoms with Crippen molar-refractivity contribution in [2.45, 2.75) is 51.4 Å². The van der Waals surface area contributed by atoms with Crippen molar-refractivity contribution in [2.24, 2.45) is 5.73 Å². The molecule has 0 atom stereocenters. The van der Waals surface area contributed by atoms with Gasteiger partial charge in [0.15, 0.2) is 0 Å². The molecule has 7 heteroatoms. The van der Waals surface area contributed by atoms with Crippen LogP contribution >= 0.6 is 12.0 Å². The number of unbranched alkanes of at least 4 members (excludes halogenated alkanes) is 7. The van der Waals surface area contributed by atoms with Gasteiger partial charge in [0.25, 0.3) is 0 Å². The van der Waals surface area contributed by atoms with Crippen molar-refractivity contribution in [2.75, 3.05) is 12.3 Å². The SMILES string of the molecule is NCCCCCCCCCCSOS(=O)(=O)O. The molecular formula is C10H23NO4S2. The molecule has 0 aromatic rings. The lowest BCUT2D eigenvalue weighted by molar-refractivity contribution is 0.407. The molecule has 0 fully saturated rings. The van der Waals surface area contributed by atoms with Crippen LogP contribution < -0.4 is 5.73 Å². The van der Waals surface area contributed by atoms with Gasteiger partial charge >= 0.3 is 10.4 Å². The molecule has 0 saturated heterocycles. The maximum absolute atomic E-state index is 10.2. The molecule has 0 bridgehead atoms. The quantitative estimate of drug-likeness (QED) is 0.325. The summed E-state index contributed by atoms with van der Waals surface area (Å²) in [5.41, 5.74) is 5.39. The highest BCUT2D eigenvalue weighted by Crippen LogP contribution is 2.13. The van der Waals surface area contributed by atoms with Crippen LogP contribution in [0.5, 0.6) is 0 Å². The fourth-order valence-electron chi connectivity index (χ4n) is 1.46. The summed E-state index contributed by atoms with van der Waals surface area (Å²) in [6.45, 7) is 0.783. The first-order valence-electron chi connectivity index (χ1n) is 6.05. The minimum absolute atomic E-state index is 0.590. The summed E-state index contributed by atoms with van der Waals surface area (Å²) in [6.07, 6.45) is 9.18. The fourth-order valence-corrected chi connectivity index (χ4v) is 2.54. The van der Waals surface area contributed by atoms with Gasteiger partial charge in [-0.25, -0.2) is 0 Å². The van der Waals surface area contributed by atoms with Crippen LogP contribution in [-0.4, -0.2) is 25.3 Å². The Bertz CT molecular complexity index is 257. The molecule has 0 saturated carbocycles. The van der Waals surface area contributed by atoms with E-state index in [1.807, 2.05) is 0 Å². The molecule has 0 spiro atoms. The summed E-state index contributed by atoms with van der Waals surface area (Å²) >= 11 is 0.783. The normalized spacial score (nSPS) is 11.9. The monoisotopic (exact) mass is 285 g/mol. The number of nitrogens with two attached hydrogens (primary N) is 1. The molecule has 17 heavy (non-hydrogen) atoms. The summed E-state index contributed by atoms with van der Waals surface area (Å²) in [5, 5.41) is 0. The van der Waals surface area contributed by atoms with E-state index in [4.69, 9.17) is 10.3 Å². The summed E-state index contributed by atoms with van der Waals surface area (Å²) in [6, 6.07) is 0. The first-order valence-corrected chi connectivity index (χ1v) is 8.32. The smallest absolute Gasteiger partial charge is 0.330 e. The van der Waals surface area contributed by atoms with Crippen LogP contribution in [0, 0.1) is 0 Å². The van der Waals surface area contributed by atoms with Crippen LogP contribution in [0.1, 0.15) is 51.4 Å². The Labute approximate surface area is 109 Å². The van der Waals surface area contributed by atoms with Gasteiger partial charge < -0.3 is 5.73 Å². The zero-order valence-electron chi connectivity index (χ0n) is 10.1. The van der Waals surface area contributed by atoms with E-state index in [1.54, 1.807) is 0 Å². The largest absolute Gasteiger partial charge is 0.408 e. The predicted octanol–water partition coefficient (Wildman–Crippen LogP) is 2.53.